The number of ether oxygens (including phenoxy) is 1. The van der Waals surface area contributed by atoms with Crippen molar-refractivity contribution in [3.63, 3.8) is 0 Å². The van der Waals surface area contributed by atoms with Crippen LogP contribution in [0.5, 0.6) is 0 Å². The van der Waals surface area contributed by atoms with Crippen molar-refractivity contribution in [1.82, 2.24) is 5.32 Å². The largest absolute Gasteiger partial charge is 0.378 e. The van der Waals surface area contributed by atoms with Crippen molar-refractivity contribution < 1.29 is 4.74 Å². The second kappa shape index (κ2) is 7.42. The van der Waals surface area contributed by atoms with Crippen LogP contribution in [-0.2, 0) is 24.0 Å². The normalized spacial score (nSPS) is 23.5. The first-order chi connectivity index (χ1) is 10.1. The van der Waals surface area contributed by atoms with Gasteiger partial charge in [0.25, 0.3) is 0 Å². The Balaban J connectivity index is 2.43. The monoisotopic (exact) mass is 289 g/mol. The maximum absolute atomic E-state index is 5.82. The minimum atomic E-state index is 0.399. The molecule has 0 spiro atoms. The van der Waals surface area contributed by atoms with E-state index in [0.717, 1.165) is 32.3 Å². The Hall–Kier alpha value is -0.860. The van der Waals surface area contributed by atoms with Crippen LogP contribution < -0.4 is 5.32 Å². The number of rotatable bonds is 6. The van der Waals surface area contributed by atoms with Gasteiger partial charge in [0.1, 0.15) is 0 Å². The summed E-state index contributed by atoms with van der Waals surface area (Å²) in [6.45, 7) is 9.87. The Morgan fingerprint density at radius 3 is 2.14 bits per heavy atom. The molecule has 21 heavy (non-hydrogen) atoms. The van der Waals surface area contributed by atoms with E-state index in [4.69, 9.17) is 4.74 Å². The van der Waals surface area contributed by atoms with E-state index in [2.05, 4.69) is 52.2 Å². The van der Waals surface area contributed by atoms with E-state index in [0.29, 0.717) is 18.1 Å². The Labute approximate surface area is 130 Å². The van der Waals surface area contributed by atoms with Crippen molar-refractivity contribution in [1.29, 1.82) is 0 Å². The summed E-state index contributed by atoms with van der Waals surface area (Å²) in [4.78, 5) is 0. The van der Waals surface area contributed by atoms with Crippen LogP contribution in [0.1, 0.15) is 62.4 Å². The van der Waals surface area contributed by atoms with Crippen LogP contribution in [0.15, 0.2) is 12.1 Å². The lowest BCUT2D eigenvalue weighted by Gasteiger charge is -2.28. The summed E-state index contributed by atoms with van der Waals surface area (Å²) in [6, 6.07) is 5.25. The Morgan fingerprint density at radius 2 is 1.76 bits per heavy atom. The van der Waals surface area contributed by atoms with Gasteiger partial charge in [-0.3, -0.25) is 0 Å². The van der Waals surface area contributed by atoms with Gasteiger partial charge < -0.3 is 10.1 Å². The number of hydrogen-bond acceptors (Lipinski definition) is 2. The molecule has 0 aliphatic carbocycles. The van der Waals surface area contributed by atoms with Crippen LogP contribution in [0.2, 0.25) is 0 Å². The SMILES string of the molecule is CCc1cc(CC)c(C(NC)C2COC(C)C2)c(CC)c1. The molecule has 2 rings (SSSR count). The first kappa shape index (κ1) is 16.5. The van der Waals surface area contributed by atoms with E-state index in [-0.39, 0.29) is 0 Å². The fourth-order valence-corrected chi connectivity index (χ4v) is 3.74. The zero-order valence-corrected chi connectivity index (χ0v) is 14.3. The molecule has 1 saturated heterocycles. The minimum Gasteiger partial charge on any atom is -0.378 e. The highest BCUT2D eigenvalue weighted by Gasteiger charge is 2.31. The van der Waals surface area contributed by atoms with Crippen molar-refractivity contribution in [3.8, 4) is 0 Å². The Kier molecular flexibility index (Phi) is 5.83. The fraction of sp³-hybridized carbons (Fsp3) is 0.684. The van der Waals surface area contributed by atoms with Gasteiger partial charge in [-0.1, -0.05) is 32.9 Å². The molecule has 1 fully saturated rings. The maximum Gasteiger partial charge on any atom is 0.0551 e. The number of nitrogens with one attached hydrogen (secondary N) is 1. The van der Waals surface area contributed by atoms with Crippen LogP contribution in [0.4, 0.5) is 0 Å². The zero-order chi connectivity index (χ0) is 15.4. The number of benzene rings is 1. The van der Waals surface area contributed by atoms with E-state index in [9.17, 15) is 0 Å². The summed E-state index contributed by atoms with van der Waals surface area (Å²) < 4.78 is 5.82. The molecule has 0 bridgehead atoms. The molecule has 2 heteroatoms. The molecule has 0 aromatic heterocycles. The van der Waals surface area contributed by atoms with Gasteiger partial charge in [0.2, 0.25) is 0 Å². The van der Waals surface area contributed by atoms with E-state index < -0.39 is 0 Å². The molecule has 118 valence electrons. The molecule has 3 unspecified atom stereocenters. The van der Waals surface area contributed by atoms with Crippen LogP contribution in [0.3, 0.4) is 0 Å². The third kappa shape index (κ3) is 3.49. The highest BCUT2D eigenvalue weighted by atomic mass is 16.5. The van der Waals surface area contributed by atoms with Crippen LogP contribution >= 0.6 is 0 Å². The van der Waals surface area contributed by atoms with Gasteiger partial charge >= 0.3 is 0 Å². The molecule has 2 nitrogen and oxygen atoms in total. The quantitative estimate of drug-likeness (QED) is 0.852. The smallest absolute Gasteiger partial charge is 0.0551 e. The molecule has 0 amide bonds. The average molecular weight is 289 g/mol. The van der Waals surface area contributed by atoms with Gasteiger partial charge in [-0.15, -0.1) is 0 Å². The predicted molar refractivity (Wildman–Crippen MR) is 89.9 cm³/mol. The lowest BCUT2D eigenvalue weighted by atomic mass is 9.83. The summed E-state index contributed by atoms with van der Waals surface area (Å²) in [5.74, 6) is 0.591. The van der Waals surface area contributed by atoms with E-state index in [1.54, 1.807) is 5.56 Å². The van der Waals surface area contributed by atoms with Gasteiger partial charge in [-0.2, -0.15) is 0 Å². The molecule has 1 aliphatic heterocycles. The molecule has 1 aromatic carbocycles. The molecule has 0 saturated carbocycles. The van der Waals surface area contributed by atoms with Crippen molar-refractivity contribution >= 4 is 0 Å². The van der Waals surface area contributed by atoms with Crippen LogP contribution in [0, 0.1) is 5.92 Å². The van der Waals surface area contributed by atoms with Gasteiger partial charge in [0.05, 0.1) is 12.7 Å². The van der Waals surface area contributed by atoms with Crippen molar-refractivity contribution in [3.05, 3.63) is 34.4 Å². The van der Waals surface area contributed by atoms with Crippen LogP contribution in [-0.4, -0.2) is 19.8 Å². The summed E-state index contributed by atoms with van der Waals surface area (Å²) in [5, 5.41) is 3.59. The highest BCUT2D eigenvalue weighted by Crippen LogP contribution is 2.36. The van der Waals surface area contributed by atoms with Gasteiger partial charge in [0, 0.05) is 12.0 Å². The standard InChI is InChI=1S/C19H31NO/c1-6-14-10-15(7-2)18(16(8-3)11-14)19(20-5)17-9-13(4)21-12-17/h10-11,13,17,19-20H,6-9,12H2,1-5H3. The third-order valence-corrected chi connectivity index (χ3v) is 4.90. The molecule has 1 heterocycles. The molecule has 3 atom stereocenters. The molecule has 0 radical (unpaired) electrons. The summed E-state index contributed by atoms with van der Waals surface area (Å²) in [5.41, 5.74) is 6.05. The Bertz CT molecular complexity index is 444. The van der Waals surface area contributed by atoms with Gasteiger partial charge in [-0.05, 0) is 61.9 Å². The predicted octanol–water partition coefficient (Wildman–Crippen LogP) is 4.06. The number of aryl methyl sites for hydroxylation is 3. The highest BCUT2D eigenvalue weighted by molar-refractivity contribution is 5.42. The topological polar surface area (TPSA) is 21.3 Å². The van der Waals surface area contributed by atoms with Gasteiger partial charge in [0.15, 0.2) is 0 Å². The van der Waals surface area contributed by atoms with Crippen molar-refractivity contribution in [2.24, 2.45) is 5.92 Å². The third-order valence-electron chi connectivity index (χ3n) is 4.90. The average Bonchev–Trinajstić information content (AvgIpc) is 2.94. The Morgan fingerprint density at radius 1 is 1.14 bits per heavy atom. The second-order valence-corrected chi connectivity index (χ2v) is 6.29. The lowest BCUT2D eigenvalue weighted by molar-refractivity contribution is 0.117. The van der Waals surface area contributed by atoms with E-state index in [1.165, 1.54) is 16.7 Å². The van der Waals surface area contributed by atoms with E-state index in [1.807, 2.05) is 0 Å². The molecule has 1 N–H and O–H groups in total. The summed E-state index contributed by atoms with van der Waals surface area (Å²) in [6.07, 6.45) is 4.90. The summed E-state index contributed by atoms with van der Waals surface area (Å²) in [7, 11) is 2.10. The van der Waals surface area contributed by atoms with Crippen LogP contribution in [0.25, 0.3) is 0 Å². The van der Waals surface area contributed by atoms with Crippen molar-refractivity contribution in [2.45, 2.75) is 65.5 Å². The minimum absolute atomic E-state index is 0.399. The molecular formula is C19H31NO. The zero-order valence-electron chi connectivity index (χ0n) is 14.3. The lowest BCUT2D eigenvalue weighted by Crippen LogP contribution is -2.28. The summed E-state index contributed by atoms with van der Waals surface area (Å²) >= 11 is 0. The second-order valence-electron chi connectivity index (χ2n) is 6.29. The van der Waals surface area contributed by atoms with Crippen molar-refractivity contribution in [2.75, 3.05) is 13.7 Å². The fourth-order valence-electron chi connectivity index (χ4n) is 3.74. The van der Waals surface area contributed by atoms with E-state index >= 15 is 0 Å². The molecular weight excluding hydrogens is 258 g/mol. The molecule has 1 aromatic rings. The molecule has 1 aliphatic rings. The first-order valence-electron chi connectivity index (χ1n) is 8.57. The first-order valence-corrected chi connectivity index (χ1v) is 8.57. The van der Waals surface area contributed by atoms with Gasteiger partial charge in [-0.25, -0.2) is 0 Å². The number of hydrogen-bond donors (Lipinski definition) is 1. The maximum atomic E-state index is 5.82.